The van der Waals surface area contributed by atoms with Crippen LogP contribution in [0.5, 0.6) is 0 Å². The van der Waals surface area contributed by atoms with Gasteiger partial charge in [0.15, 0.2) is 0 Å². The quantitative estimate of drug-likeness (QED) is 0.873. The number of halogens is 1. The number of aromatic nitrogens is 2. The van der Waals surface area contributed by atoms with Gasteiger partial charge in [-0.25, -0.2) is 4.98 Å². The molecule has 0 radical (unpaired) electrons. The molecule has 0 aliphatic rings. The molecule has 0 aliphatic carbocycles. The number of hydrogen-bond acceptors (Lipinski definition) is 2. The summed E-state index contributed by atoms with van der Waals surface area (Å²) in [6, 6.07) is 6.16. The number of benzene rings is 1. The third kappa shape index (κ3) is 3.22. The van der Waals surface area contributed by atoms with E-state index >= 15 is 0 Å². The van der Waals surface area contributed by atoms with Crippen LogP contribution in [0.2, 0.25) is 5.02 Å². The molecule has 1 unspecified atom stereocenters. The highest BCUT2D eigenvalue weighted by Gasteiger charge is 2.19. The average molecular weight is 292 g/mol. The molecule has 108 valence electrons. The Morgan fingerprint density at radius 1 is 1.35 bits per heavy atom. The smallest absolute Gasteiger partial charge is 0.130 e. The van der Waals surface area contributed by atoms with Gasteiger partial charge < -0.3 is 9.88 Å². The maximum absolute atomic E-state index is 6.06. The van der Waals surface area contributed by atoms with E-state index in [0.717, 1.165) is 30.4 Å². The summed E-state index contributed by atoms with van der Waals surface area (Å²) >= 11 is 6.06. The van der Waals surface area contributed by atoms with Crippen LogP contribution >= 0.6 is 11.6 Å². The van der Waals surface area contributed by atoms with Crippen molar-refractivity contribution in [2.45, 2.75) is 39.8 Å². The van der Waals surface area contributed by atoms with Gasteiger partial charge in [0.2, 0.25) is 0 Å². The second kappa shape index (κ2) is 6.91. The van der Waals surface area contributed by atoms with E-state index in [0.29, 0.717) is 0 Å². The van der Waals surface area contributed by atoms with Crippen LogP contribution in [0, 0.1) is 6.92 Å². The Hall–Kier alpha value is -1.32. The third-order valence-corrected chi connectivity index (χ3v) is 3.66. The molecule has 1 aromatic heterocycles. The van der Waals surface area contributed by atoms with E-state index in [1.165, 1.54) is 11.1 Å². The van der Waals surface area contributed by atoms with Gasteiger partial charge in [0.25, 0.3) is 0 Å². The van der Waals surface area contributed by atoms with E-state index in [1.54, 1.807) is 0 Å². The highest BCUT2D eigenvalue weighted by molar-refractivity contribution is 6.30. The molecule has 1 N–H and O–H groups in total. The highest BCUT2D eigenvalue weighted by Crippen LogP contribution is 2.26. The minimum absolute atomic E-state index is 0.110. The van der Waals surface area contributed by atoms with E-state index in [9.17, 15) is 0 Å². The number of imidazole rings is 1. The number of nitrogens with one attached hydrogen (secondary N) is 1. The summed E-state index contributed by atoms with van der Waals surface area (Å²) in [4.78, 5) is 4.56. The molecule has 0 spiro atoms. The number of hydrogen-bond donors (Lipinski definition) is 1. The van der Waals surface area contributed by atoms with Crippen LogP contribution in [-0.4, -0.2) is 16.1 Å². The van der Waals surface area contributed by atoms with Crippen LogP contribution < -0.4 is 5.32 Å². The first-order chi connectivity index (χ1) is 9.67. The molecule has 1 heterocycles. The largest absolute Gasteiger partial charge is 0.333 e. The lowest BCUT2D eigenvalue weighted by Gasteiger charge is -2.21. The summed E-state index contributed by atoms with van der Waals surface area (Å²) in [5.41, 5.74) is 2.43. The molecule has 0 saturated carbocycles. The predicted molar refractivity (Wildman–Crippen MR) is 84.2 cm³/mol. The van der Waals surface area contributed by atoms with Gasteiger partial charge in [-0.15, -0.1) is 0 Å². The second-order valence-corrected chi connectivity index (χ2v) is 5.41. The van der Waals surface area contributed by atoms with Crippen molar-refractivity contribution in [1.82, 2.24) is 14.9 Å². The van der Waals surface area contributed by atoms with Crippen molar-refractivity contribution in [2.75, 3.05) is 6.54 Å². The van der Waals surface area contributed by atoms with Crippen LogP contribution in [0.1, 0.15) is 43.3 Å². The zero-order valence-electron chi connectivity index (χ0n) is 12.4. The molecule has 0 saturated heterocycles. The lowest BCUT2D eigenvalue weighted by atomic mass is 10.0. The number of rotatable bonds is 6. The Labute approximate surface area is 126 Å². The molecule has 4 heteroatoms. The molecule has 3 nitrogen and oxygen atoms in total. The maximum atomic E-state index is 6.06. The number of aryl methyl sites for hydroxylation is 2. The summed E-state index contributed by atoms with van der Waals surface area (Å²) in [6.07, 6.45) is 5.02. The molecule has 1 atom stereocenters. The van der Waals surface area contributed by atoms with Crippen molar-refractivity contribution in [2.24, 2.45) is 0 Å². The second-order valence-electron chi connectivity index (χ2n) is 4.97. The van der Waals surface area contributed by atoms with E-state index in [4.69, 9.17) is 11.6 Å². The van der Waals surface area contributed by atoms with Crippen molar-refractivity contribution in [3.63, 3.8) is 0 Å². The maximum Gasteiger partial charge on any atom is 0.130 e. The Morgan fingerprint density at radius 2 is 2.15 bits per heavy atom. The third-order valence-electron chi connectivity index (χ3n) is 3.42. The standard InChI is InChI=1S/C16H22ClN3/c1-4-9-20-10-8-19-16(20)15(18-5-2)14-7-6-13(17)11-12(14)3/h6-8,10-11,15,18H,4-5,9H2,1-3H3. The van der Waals surface area contributed by atoms with Crippen molar-refractivity contribution in [3.05, 3.63) is 52.6 Å². The molecule has 0 aliphatic heterocycles. The Kier molecular flexibility index (Phi) is 5.21. The topological polar surface area (TPSA) is 29.9 Å². The molecular weight excluding hydrogens is 270 g/mol. The Balaban J connectivity index is 2.42. The summed E-state index contributed by atoms with van der Waals surface area (Å²) in [7, 11) is 0. The monoisotopic (exact) mass is 291 g/mol. The molecule has 2 rings (SSSR count). The van der Waals surface area contributed by atoms with E-state index in [-0.39, 0.29) is 6.04 Å². The lowest BCUT2D eigenvalue weighted by molar-refractivity contribution is 0.542. The molecule has 0 bridgehead atoms. The summed E-state index contributed by atoms with van der Waals surface area (Å²) < 4.78 is 2.22. The van der Waals surface area contributed by atoms with Crippen LogP contribution in [0.4, 0.5) is 0 Å². The normalized spacial score (nSPS) is 12.6. The first kappa shape index (κ1) is 15.1. The van der Waals surface area contributed by atoms with E-state index in [1.807, 2.05) is 18.3 Å². The first-order valence-corrected chi connectivity index (χ1v) is 7.55. The molecule has 2 aromatic rings. The first-order valence-electron chi connectivity index (χ1n) is 7.17. The van der Waals surface area contributed by atoms with E-state index in [2.05, 4.69) is 47.9 Å². The predicted octanol–water partition coefficient (Wildman–Crippen LogP) is 3.95. The van der Waals surface area contributed by atoms with Crippen LogP contribution in [0.15, 0.2) is 30.6 Å². The van der Waals surface area contributed by atoms with Crippen LogP contribution in [0.25, 0.3) is 0 Å². The Morgan fingerprint density at radius 3 is 2.80 bits per heavy atom. The molecule has 0 fully saturated rings. The van der Waals surface area contributed by atoms with Crippen molar-refractivity contribution >= 4 is 11.6 Å². The minimum atomic E-state index is 0.110. The van der Waals surface area contributed by atoms with Crippen molar-refractivity contribution < 1.29 is 0 Å². The number of nitrogens with zero attached hydrogens (tertiary/aromatic N) is 2. The Bertz CT molecular complexity index is 563. The molecular formula is C16H22ClN3. The van der Waals surface area contributed by atoms with E-state index < -0.39 is 0 Å². The van der Waals surface area contributed by atoms with Gasteiger partial charge >= 0.3 is 0 Å². The van der Waals surface area contributed by atoms with Crippen LogP contribution in [-0.2, 0) is 6.54 Å². The van der Waals surface area contributed by atoms with Crippen molar-refractivity contribution in [3.8, 4) is 0 Å². The zero-order chi connectivity index (χ0) is 14.5. The average Bonchev–Trinajstić information content (AvgIpc) is 2.85. The van der Waals surface area contributed by atoms with Gasteiger partial charge in [-0.05, 0) is 43.1 Å². The fourth-order valence-corrected chi connectivity index (χ4v) is 2.75. The van der Waals surface area contributed by atoms with Crippen molar-refractivity contribution in [1.29, 1.82) is 0 Å². The zero-order valence-corrected chi connectivity index (χ0v) is 13.1. The van der Waals surface area contributed by atoms with Gasteiger partial charge in [-0.1, -0.05) is 31.5 Å². The SMILES string of the molecule is CCCn1ccnc1C(NCC)c1ccc(Cl)cc1C. The molecule has 20 heavy (non-hydrogen) atoms. The summed E-state index contributed by atoms with van der Waals surface area (Å²) in [5, 5.41) is 4.31. The van der Waals surface area contributed by atoms with Gasteiger partial charge in [0.1, 0.15) is 5.82 Å². The molecule has 1 aromatic carbocycles. The molecule has 0 amide bonds. The van der Waals surface area contributed by atoms with Crippen LogP contribution in [0.3, 0.4) is 0 Å². The lowest BCUT2D eigenvalue weighted by Crippen LogP contribution is -2.26. The summed E-state index contributed by atoms with van der Waals surface area (Å²) in [5.74, 6) is 1.07. The van der Waals surface area contributed by atoms with Gasteiger partial charge in [0.05, 0.1) is 6.04 Å². The van der Waals surface area contributed by atoms with Gasteiger partial charge in [-0.3, -0.25) is 0 Å². The van der Waals surface area contributed by atoms with Gasteiger partial charge in [0, 0.05) is 24.0 Å². The summed E-state index contributed by atoms with van der Waals surface area (Å²) in [6.45, 7) is 8.28. The fourth-order valence-electron chi connectivity index (χ4n) is 2.52. The van der Waals surface area contributed by atoms with Gasteiger partial charge in [-0.2, -0.15) is 0 Å². The minimum Gasteiger partial charge on any atom is -0.333 e. The highest BCUT2D eigenvalue weighted by atomic mass is 35.5. The fraction of sp³-hybridized carbons (Fsp3) is 0.438.